The molecule has 0 radical (unpaired) electrons. The van der Waals surface area contributed by atoms with E-state index in [9.17, 15) is 4.79 Å². The Kier molecular flexibility index (Phi) is 6.19. The van der Waals surface area contributed by atoms with E-state index in [-0.39, 0.29) is 11.5 Å². The number of hydrogen-bond acceptors (Lipinski definition) is 7. The SMILES string of the molecule is COc1ccc(-c2nc3c(c(=O)[nH]2)CC(C2=NCCc4cc(OC)c(OC)cc42)CC3)cc1OC. The zero-order valence-electron chi connectivity index (χ0n) is 20.4. The molecule has 0 saturated carbocycles. The molecule has 1 aliphatic carbocycles. The molecule has 0 fully saturated rings. The standard InChI is InChI=1S/C27H29N3O5/c1-32-21-8-6-17(13-22(21)33-2)26-29-20-7-5-16(11-19(20)27(31)30-26)25-18-14-24(35-4)23(34-3)12-15(18)9-10-28-25/h6,8,12-14,16H,5,7,9-11H2,1-4H3,(H,29,30,31). The van der Waals surface area contributed by atoms with Gasteiger partial charge in [0.25, 0.3) is 5.56 Å². The normalized spacial score (nSPS) is 16.6. The fourth-order valence-electron chi connectivity index (χ4n) is 5.07. The van der Waals surface area contributed by atoms with Crippen molar-refractivity contribution in [3.05, 3.63) is 63.1 Å². The van der Waals surface area contributed by atoms with Crippen molar-refractivity contribution in [2.24, 2.45) is 10.9 Å². The van der Waals surface area contributed by atoms with Crippen LogP contribution in [0.15, 0.2) is 40.1 Å². The Morgan fingerprint density at radius 3 is 2.34 bits per heavy atom. The summed E-state index contributed by atoms with van der Waals surface area (Å²) >= 11 is 0. The molecule has 35 heavy (non-hydrogen) atoms. The van der Waals surface area contributed by atoms with Crippen LogP contribution in [0.3, 0.4) is 0 Å². The summed E-state index contributed by atoms with van der Waals surface area (Å²) in [5, 5.41) is 0. The third kappa shape index (κ3) is 4.13. The molecule has 3 aromatic rings. The lowest BCUT2D eigenvalue weighted by atomic mass is 9.79. The number of methoxy groups -OCH3 is 4. The zero-order valence-corrected chi connectivity index (χ0v) is 20.4. The van der Waals surface area contributed by atoms with Crippen LogP contribution in [-0.4, -0.2) is 50.7 Å². The number of nitrogens with one attached hydrogen (secondary N) is 1. The van der Waals surface area contributed by atoms with Crippen molar-refractivity contribution in [2.45, 2.75) is 25.7 Å². The van der Waals surface area contributed by atoms with Crippen LogP contribution in [-0.2, 0) is 19.3 Å². The first-order valence-electron chi connectivity index (χ1n) is 11.7. The van der Waals surface area contributed by atoms with Gasteiger partial charge in [0.2, 0.25) is 0 Å². The molecule has 0 bridgehead atoms. The minimum Gasteiger partial charge on any atom is -0.493 e. The second-order valence-electron chi connectivity index (χ2n) is 8.73. The smallest absolute Gasteiger partial charge is 0.254 e. The molecule has 182 valence electrons. The fraction of sp³-hybridized carbons (Fsp3) is 0.370. The maximum absolute atomic E-state index is 13.2. The molecule has 0 amide bonds. The van der Waals surface area contributed by atoms with Crippen molar-refractivity contribution >= 4 is 5.71 Å². The van der Waals surface area contributed by atoms with Crippen LogP contribution in [0.4, 0.5) is 0 Å². The number of rotatable bonds is 6. The van der Waals surface area contributed by atoms with Crippen molar-refractivity contribution < 1.29 is 18.9 Å². The van der Waals surface area contributed by atoms with Gasteiger partial charge in [-0.2, -0.15) is 0 Å². The van der Waals surface area contributed by atoms with Crippen molar-refractivity contribution in [2.75, 3.05) is 35.0 Å². The number of aromatic nitrogens is 2. The Hall–Kier alpha value is -3.81. The minimum absolute atomic E-state index is 0.103. The largest absolute Gasteiger partial charge is 0.493 e. The predicted octanol–water partition coefficient (Wildman–Crippen LogP) is 3.62. The van der Waals surface area contributed by atoms with Crippen molar-refractivity contribution in [1.82, 2.24) is 9.97 Å². The number of hydrogen-bond donors (Lipinski definition) is 1. The van der Waals surface area contributed by atoms with Crippen LogP contribution in [0.1, 0.15) is 28.8 Å². The van der Waals surface area contributed by atoms with E-state index in [0.717, 1.165) is 53.2 Å². The van der Waals surface area contributed by atoms with E-state index in [4.69, 9.17) is 28.9 Å². The number of aliphatic imine (C=N–C) groups is 1. The summed E-state index contributed by atoms with van der Waals surface area (Å²) in [7, 11) is 6.47. The number of fused-ring (bicyclic) bond motifs is 2. The van der Waals surface area contributed by atoms with Gasteiger partial charge in [-0.1, -0.05) is 0 Å². The van der Waals surface area contributed by atoms with E-state index in [0.29, 0.717) is 35.9 Å². The molecule has 2 heterocycles. The van der Waals surface area contributed by atoms with E-state index in [1.54, 1.807) is 28.4 Å². The first-order chi connectivity index (χ1) is 17.1. The van der Waals surface area contributed by atoms with E-state index in [1.165, 1.54) is 5.56 Å². The summed E-state index contributed by atoms with van der Waals surface area (Å²) in [6.07, 6.45) is 3.06. The van der Waals surface area contributed by atoms with Crippen LogP contribution < -0.4 is 24.5 Å². The maximum Gasteiger partial charge on any atom is 0.254 e. The summed E-state index contributed by atoms with van der Waals surface area (Å²) in [6.45, 7) is 0.730. The Bertz CT molecular complexity index is 1360. The average Bonchev–Trinajstić information content (AvgIpc) is 2.91. The van der Waals surface area contributed by atoms with Gasteiger partial charge in [0.05, 0.1) is 34.1 Å². The van der Waals surface area contributed by atoms with Crippen molar-refractivity contribution in [3.63, 3.8) is 0 Å². The Morgan fingerprint density at radius 1 is 0.886 bits per heavy atom. The number of H-pyrrole nitrogens is 1. The van der Waals surface area contributed by atoms with Gasteiger partial charge < -0.3 is 23.9 Å². The van der Waals surface area contributed by atoms with E-state index in [2.05, 4.69) is 4.98 Å². The van der Waals surface area contributed by atoms with Crippen LogP contribution in [0.5, 0.6) is 23.0 Å². The van der Waals surface area contributed by atoms with Gasteiger partial charge in [-0.15, -0.1) is 0 Å². The molecule has 5 rings (SSSR count). The molecule has 1 aliphatic heterocycles. The molecule has 1 aromatic heterocycles. The molecule has 2 aromatic carbocycles. The lowest BCUT2D eigenvalue weighted by molar-refractivity contribution is 0.354. The van der Waals surface area contributed by atoms with Gasteiger partial charge in [0.1, 0.15) is 5.82 Å². The van der Waals surface area contributed by atoms with E-state index >= 15 is 0 Å². The van der Waals surface area contributed by atoms with Crippen LogP contribution in [0, 0.1) is 5.92 Å². The molecule has 8 heteroatoms. The summed E-state index contributed by atoms with van der Waals surface area (Å²) in [4.78, 5) is 25.9. The second kappa shape index (κ2) is 9.44. The van der Waals surface area contributed by atoms with Gasteiger partial charge in [-0.3, -0.25) is 9.79 Å². The number of benzene rings is 2. The number of aryl methyl sites for hydroxylation is 1. The Labute approximate surface area is 203 Å². The lowest BCUT2D eigenvalue weighted by Gasteiger charge is -2.29. The van der Waals surface area contributed by atoms with Gasteiger partial charge in [-0.25, -0.2) is 4.98 Å². The number of nitrogens with zero attached hydrogens (tertiary/aromatic N) is 2. The van der Waals surface area contributed by atoms with Crippen LogP contribution >= 0.6 is 0 Å². The van der Waals surface area contributed by atoms with Crippen LogP contribution in [0.25, 0.3) is 11.4 Å². The molecule has 1 N–H and O–H groups in total. The van der Waals surface area contributed by atoms with E-state index < -0.39 is 0 Å². The highest BCUT2D eigenvalue weighted by molar-refractivity contribution is 6.05. The maximum atomic E-state index is 13.2. The van der Waals surface area contributed by atoms with Gasteiger partial charge in [-0.05, 0) is 61.6 Å². The molecule has 0 saturated heterocycles. The molecule has 1 unspecified atom stereocenters. The van der Waals surface area contributed by atoms with Gasteiger partial charge in [0, 0.05) is 34.9 Å². The first kappa shape index (κ1) is 23.0. The quantitative estimate of drug-likeness (QED) is 0.585. The molecule has 0 spiro atoms. The Morgan fingerprint density at radius 2 is 1.60 bits per heavy atom. The topological polar surface area (TPSA) is 95.0 Å². The minimum atomic E-state index is -0.103. The summed E-state index contributed by atoms with van der Waals surface area (Å²) in [6, 6.07) is 9.57. The highest BCUT2D eigenvalue weighted by atomic mass is 16.5. The molecular formula is C27H29N3O5. The van der Waals surface area contributed by atoms with E-state index in [1.807, 2.05) is 30.3 Å². The van der Waals surface area contributed by atoms with Gasteiger partial charge in [0.15, 0.2) is 23.0 Å². The second-order valence-corrected chi connectivity index (χ2v) is 8.73. The summed E-state index contributed by atoms with van der Waals surface area (Å²) in [5.41, 5.74) is 5.59. The predicted molar refractivity (Wildman–Crippen MR) is 134 cm³/mol. The zero-order chi connectivity index (χ0) is 24.5. The van der Waals surface area contributed by atoms with Gasteiger partial charge >= 0.3 is 0 Å². The third-order valence-electron chi connectivity index (χ3n) is 6.87. The number of aromatic amines is 1. The highest BCUT2D eigenvalue weighted by Crippen LogP contribution is 2.36. The fourth-order valence-corrected chi connectivity index (χ4v) is 5.07. The van der Waals surface area contributed by atoms with Crippen molar-refractivity contribution in [1.29, 1.82) is 0 Å². The summed E-state index contributed by atoms with van der Waals surface area (Å²) < 4.78 is 21.8. The monoisotopic (exact) mass is 475 g/mol. The first-order valence-corrected chi connectivity index (χ1v) is 11.7. The lowest BCUT2D eigenvalue weighted by Crippen LogP contribution is -2.32. The molecular weight excluding hydrogens is 446 g/mol. The van der Waals surface area contributed by atoms with Crippen molar-refractivity contribution in [3.8, 4) is 34.4 Å². The molecule has 1 atom stereocenters. The summed E-state index contributed by atoms with van der Waals surface area (Å²) in [5.74, 6) is 3.31. The van der Waals surface area contributed by atoms with Crippen LogP contribution in [0.2, 0.25) is 0 Å². The number of ether oxygens (including phenoxy) is 4. The Balaban J connectivity index is 1.46. The third-order valence-corrected chi connectivity index (χ3v) is 6.87. The average molecular weight is 476 g/mol. The molecule has 2 aliphatic rings. The molecule has 8 nitrogen and oxygen atoms in total. The highest BCUT2D eigenvalue weighted by Gasteiger charge is 2.30.